The van der Waals surface area contributed by atoms with Crippen molar-refractivity contribution in [3.63, 3.8) is 0 Å². The largest absolute Gasteiger partial charge is 0.483 e. The van der Waals surface area contributed by atoms with Crippen LogP contribution in [0.5, 0.6) is 5.75 Å². The molecule has 0 spiro atoms. The molecule has 0 aliphatic rings. The lowest BCUT2D eigenvalue weighted by atomic mass is 10.1. The maximum absolute atomic E-state index is 13.1. The van der Waals surface area contributed by atoms with E-state index in [1.54, 1.807) is 12.3 Å². The number of fused-ring (bicyclic) bond motifs is 1. The fourth-order valence-electron chi connectivity index (χ4n) is 2.67. The molecule has 2 aromatic heterocycles. The molecule has 0 radical (unpaired) electrons. The second-order valence-electron chi connectivity index (χ2n) is 5.68. The fourth-order valence-corrected chi connectivity index (χ4v) is 2.67. The van der Waals surface area contributed by atoms with Gasteiger partial charge in [0.15, 0.2) is 6.61 Å². The van der Waals surface area contributed by atoms with E-state index in [-0.39, 0.29) is 23.9 Å². The van der Waals surface area contributed by atoms with Crippen LogP contribution in [0.25, 0.3) is 22.4 Å². The van der Waals surface area contributed by atoms with E-state index in [9.17, 15) is 13.2 Å². The minimum Gasteiger partial charge on any atom is -0.483 e. The van der Waals surface area contributed by atoms with Gasteiger partial charge in [-0.25, -0.2) is 0 Å². The van der Waals surface area contributed by atoms with Crippen LogP contribution in [-0.4, -0.2) is 15.1 Å². The summed E-state index contributed by atoms with van der Waals surface area (Å²) in [4.78, 5) is 8.30. The molecule has 0 unspecified atom stereocenters. The quantitative estimate of drug-likeness (QED) is 0.512. The Bertz CT molecular complexity index is 1090. The first-order valence-electron chi connectivity index (χ1n) is 7.98. The van der Waals surface area contributed by atoms with Crippen molar-refractivity contribution >= 4 is 10.9 Å². The highest BCUT2D eigenvalue weighted by Crippen LogP contribution is 2.36. The van der Waals surface area contributed by atoms with Crippen molar-refractivity contribution in [2.45, 2.75) is 12.8 Å². The summed E-state index contributed by atoms with van der Waals surface area (Å²) in [7, 11) is 0. The normalized spacial score (nSPS) is 11.7. The molecule has 4 aromatic rings. The number of aromatic nitrogens is 3. The van der Waals surface area contributed by atoms with Gasteiger partial charge >= 0.3 is 6.18 Å². The summed E-state index contributed by atoms with van der Waals surface area (Å²) in [5.74, 6) is 0.447. The van der Waals surface area contributed by atoms with Crippen LogP contribution in [0.15, 0.2) is 65.3 Å². The number of alkyl halides is 3. The van der Waals surface area contributed by atoms with Crippen molar-refractivity contribution in [2.24, 2.45) is 0 Å². The molecule has 0 aliphatic carbocycles. The van der Waals surface area contributed by atoms with Crippen molar-refractivity contribution in [3.05, 3.63) is 72.2 Å². The van der Waals surface area contributed by atoms with E-state index in [1.807, 2.05) is 24.3 Å². The first-order chi connectivity index (χ1) is 13.0. The second kappa shape index (κ2) is 6.71. The Morgan fingerprint density at radius 2 is 1.78 bits per heavy atom. The lowest BCUT2D eigenvalue weighted by molar-refractivity contribution is -0.137. The molecular formula is C19H12F3N3O2. The first kappa shape index (κ1) is 17.0. The molecule has 8 heteroatoms. The van der Waals surface area contributed by atoms with Crippen LogP contribution in [0, 0.1) is 0 Å². The highest BCUT2D eigenvalue weighted by atomic mass is 19.4. The number of nitrogens with zero attached hydrogens (tertiary/aromatic N) is 3. The van der Waals surface area contributed by atoms with Gasteiger partial charge in [-0.05, 0) is 24.3 Å². The van der Waals surface area contributed by atoms with E-state index in [4.69, 9.17) is 9.26 Å². The van der Waals surface area contributed by atoms with Crippen LogP contribution < -0.4 is 4.74 Å². The third-order valence-corrected chi connectivity index (χ3v) is 3.88. The summed E-state index contributed by atoms with van der Waals surface area (Å²) < 4.78 is 50.1. The Kier molecular flexibility index (Phi) is 4.23. The third kappa shape index (κ3) is 3.46. The van der Waals surface area contributed by atoms with Crippen molar-refractivity contribution in [3.8, 4) is 17.2 Å². The average Bonchev–Trinajstić information content (AvgIpc) is 3.14. The van der Waals surface area contributed by atoms with E-state index >= 15 is 0 Å². The summed E-state index contributed by atoms with van der Waals surface area (Å²) in [6.45, 7) is -0.0621. The molecule has 0 N–H and O–H groups in total. The lowest BCUT2D eigenvalue weighted by Crippen LogP contribution is -2.07. The van der Waals surface area contributed by atoms with E-state index in [0.717, 1.165) is 11.5 Å². The number of rotatable bonds is 4. The minimum atomic E-state index is -4.52. The van der Waals surface area contributed by atoms with Gasteiger partial charge in [0.2, 0.25) is 5.82 Å². The van der Waals surface area contributed by atoms with Gasteiger partial charge in [-0.1, -0.05) is 35.5 Å². The standard InChI is InChI=1S/C19H12F3N3O2/c20-19(21,22)14-8-2-1-7-13(14)18-24-16(25-27-18)11-26-15-9-3-5-12-6-4-10-23-17(12)15/h1-10H,11H2. The zero-order valence-corrected chi connectivity index (χ0v) is 13.8. The van der Waals surface area contributed by atoms with Gasteiger partial charge in [-0.15, -0.1) is 0 Å². The van der Waals surface area contributed by atoms with E-state index in [0.29, 0.717) is 11.3 Å². The maximum atomic E-state index is 13.1. The monoisotopic (exact) mass is 371 g/mol. The van der Waals surface area contributed by atoms with Crippen molar-refractivity contribution in [1.82, 2.24) is 15.1 Å². The van der Waals surface area contributed by atoms with E-state index < -0.39 is 11.7 Å². The first-order valence-corrected chi connectivity index (χ1v) is 7.98. The number of benzene rings is 2. The van der Waals surface area contributed by atoms with Gasteiger partial charge in [0.05, 0.1) is 11.1 Å². The van der Waals surface area contributed by atoms with Gasteiger partial charge < -0.3 is 9.26 Å². The molecule has 0 amide bonds. The fraction of sp³-hybridized carbons (Fsp3) is 0.105. The Balaban J connectivity index is 1.58. The predicted molar refractivity (Wildman–Crippen MR) is 90.8 cm³/mol. The van der Waals surface area contributed by atoms with Gasteiger partial charge in [-0.3, -0.25) is 4.98 Å². The molecule has 4 rings (SSSR count). The number of para-hydroxylation sites is 1. The number of pyridine rings is 1. The molecule has 2 heterocycles. The third-order valence-electron chi connectivity index (χ3n) is 3.88. The van der Waals surface area contributed by atoms with E-state index in [1.165, 1.54) is 18.2 Å². The molecule has 2 aromatic carbocycles. The molecule has 5 nitrogen and oxygen atoms in total. The second-order valence-corrected chi connectivity index (χ2v) is 5.68. The summed E-state index contributed by atoms with van der Waals surface area (Å²) in [6.07, 6.45) is -2.87. The number of ether oxygens (including phenoxy) is 1. The molecular weight excluding hydrogens is 359 g/mol. The molecule has 27 heavy (non-hydrogen) atoms. The Labute approximate surface area is 151 Å². The number of hydrogen-bond acceptors (Lipinski definition) is 5. The Hall–Kier alpha value is -3.42. The van der Waals surface area contributed by atoms with Gasteiger partial charge in [-0.2, -0.15) is 18.2 Å². The van der Waals surface area contributed by atoms with Crippen LogP contribution in [0.1, 0.15) is 11.4 Å². The highest BCUT2D eigenvalue weighted by Gasteiger charge is 2.34. The summed E-state index contributed by atoms with van der Waals surface area (Å²) in [5, 5.41) is 4.62. The number of halogens is 3. The zero-order chi connectivity index (χ0) is 18.9. The van der Waals surface area contributed by atoms with Crippen LogP contribution in [0.2, 0.25) is 0 Å². The molecule has 0 aliphatic heterocycles. The maximum Gasteiger partial charge on any atom is 0.417 e. The topological polar surface area (TPSA) is 61.0 Å². The van der Waals surface area contributed by atoms with Crippen LogP contribution >= 0.6 is 0 Å². The molecule has 0 saturated heterocycles. The molecule has 0 saturated carbocycles. The highest BCUT2D eigenvalue weighted by molar-refractivity contribution is 5.84. The van der Waals surface area contributed by atoms with Crippen molar-refractivity contribution < 1.29 is 22.4 Å². The molecule has 0 bridgehead atoms. The van der Waals surface area contributed by atoms with Crippen molar-refractivity contribution in [2.75, 3.05) is 0 Å². The zero-order valence-electron chi connectivity index (χ0n) is 13.8. The smallest absolute Gasteiger partial charge is 0.417 e. The average molecular weight is 371 g/mol. The van der Waals surface area contributed by atoms with Gasteiger partial charge in [0.25, 0.3) is 5.89 Å². The molecule has 0 fully saturated rings. The molecule has 136 valence electrons. The van der Waals surface area contributed by atoms with Crippen LogP contribution in [-0.2, 0) is 12.8 Å². The van der Waals surface area contributed by atoms with Gasteiger partial charge in [0.1, 0.15) is 11.3 Å². The number of hydrogen-bond donors (Lipinski definition) is 0. The molecule has 0 atom stereocenters. The Morgan fingerprint density at radius 3 is 2.63 bits per heavy atom. The van der Waals surface area contributed by atoms with Gasteiger partial charge in [0, 0.05) is 11.6 Å². The Morgan fingerprint density at radius 1 is 0.963 bits per heavy atom. The summed E-state index contributed by atoms with van der Waals surface area (Å²) in [6, 6.07) is 14.2. The SMILES string of the molecule is FC(F)(F)c1ccccc1-c1nc(COc2cccc3cccnc23)no1. The van der Waals surface area contributed by atoms with E-state index in [2.05, 4.69) is 15.1 Å². The predicted octanol–water partition coefficient (Wildman–Crippen LogP) is 4.88. The summed E-state index contributed by atoms with van der Waals surface area (Å²) >= 11 is 0. The van der Waals surface area contributed by atoms with Crippen LogP contribution in [0.4, 0.5) is 13.2 Å². The van der Waals surface area contributed by atoms with Crippen molar-refractivity contribution in [1.29, 1.82) is 0 Å². The minimum absolute atomic E-state index is 0.0621. The summed E-state index contributed by atoms with van der Waals surface area (Å²) in [5.41, 5.74) is -0.332. The lowest BCUT2D eigenvalue weighted by Gasteiger charge is -2.09. The van der Waals surface area contributed by atoms with Crippen LogP contribution in [0.3, 0.4) is 0 Å².